The number of nitrogens with zero attached hydrogens (tertiary/aromatic N) is 1. The molecule has 0 saturated carbocycles. The Morgan fingerprint density at radius 2 is 2.10 bits per heavy atom. The molecule has 3 heteroatoms. The van der Waals surface area contributed by atoms with E-state index in [-0.39, 0.29) is 6.10 Å². The summed E-state index contributed by atoms with van der Waals surface area (Å²) in [4.78, 5) is 3.55. The van der Waals surface area contributed by atoms with E-state index in [1.165, 1.54) is 28.8 Å². The third-order valence-corrected chi connectivity index (χ3v) is 5.04. The summed E-state index contributed by atoms with van der Waals surface area (Å²) >= 11 is 1.79. The summed E-state index contributed by atoms with van der Waals surface area (Å²) in [6.45, 7) is 1.04. The number of fused-ring (bicyclic) bond motifs is 1. The monoisotopic (exact) mass is 301 g/mol. The third kappa shape index (κ3) is 3.47. The molecular formula is C18H23NOS. The van der Waals surface area contributed by atoms with Gasteiger partial charge in [-0.05, 0) is 62.0 Å². The Hall–Kier alpha value is -1.32. The van der Waals surface area contributed by atoms with Crippen LogP contribution in [0.3, 0.4) is 0 Å². The van der Waals surface area contributed by atoms with Crippen LogP contribution in [0.5, 0.6) is 5.75 Å². The van der Waals surface area contributed by atoms with Gasteiger partial charge in [-0.3, -0.25) is 0 Å². The van der Waals surface area contributed by atoms with Crippen LogP contribution in [0.25, 0.3) is 0 Å². The molecule has 1 heterocycles. The van der Waals surface area contributed by atoms with Crippen molar-refractivity contribution in [1.29, 1.82) is 0 Å². The fraction of sp³-hybridized carbons (Fsp3) is 0.444. The van der Waals surface area contributed by atoms with E-state index < -0.39 is 0 Å². The summed E-state index contributed by atoms with van der Waals surface area (Å²) in [5, 5.41) is 2.14. The van der Waals surface area contributed by atoms with E-state index in [0.717, 1.165) is 25.1 Å². The smallest absolute Gasteiger partial charge is 0.134 e. The number of hydrogen-bond acceptors (Lipinski definition) is 3. The molecule has 0 spiro atoms. The lowest BCUT2D eigenvalue weighted by Crippen LogP contribution is -2.18. The molecule has 1 atom stereocenters. The zero-order valence-electron chi connectivity index (χ0n) is 12.8. The minimum atomic E-state index is 0.166. The van der Waals surface area contributed by atoms with E-state index in [9.17, 15) is 0 Å². The van der Waals surface area contributed by atoms with E-state index in [2.05, 4.69) is 54.7 Å². The molecular weight excluding hydrogens is 278 g/mol. The highest BCUT2D eigenvalue weighted by Gasteiger charge is 2.20. The maximum Gasteiger partial charge on any atom is 0.134 e. The average molecular weight is 301 g/mol. The molecule has 0 aliphatic heterocycles. The van der Waals surface area contributed by atoms with Crippen molar-refractivity contribution in [3.8, 4) is 5.75 Å². The quantitative estimate of drug-likeness (QED) is 0.788. The van der Waals surface area contributed by atoms with Gasteiger partial charge in [0.05, 0.1) is 0 Å². The van der Waals surface area contributed by atoms with Crippen molar-refractivity contribution >= 4 is 11.3 Å². The minimum Gasteiger partial charge on any atom is -0.485 e. The lowest BCUT2D eigenvalue weighted by atomic mass is 10.1. The van der Waals surface area contributed by atoms with Gasteiger partial charge in [-0.15, -0.1) is 11.3 Å². The molecule has 0 unspecified atom stereocenters. The lowest BCUT2D eigenvalue weighted by molar-refractivity contribution is 0.181. The second-order valence-corrected chi connectivity index (χ2v) is 6.94. The molecule has 0 fully saturated rings. The van der Waals surface area contributed by atoms with Crippen molar-refractivity contribution in [3.05, 3.63) is 51.7 Å². The fourth-order valence-corrected chi connectivity index (χ4v) is 3.75. The molecule has 1 aliphatic carbocycles. The number of rotatable bonds is 6. The maximum absolute atomic E-state index is 6.44. The van der Waals surface area contributed by atoms with Crippen molar-refractivity contribution in [2.75, 3.05) is 20.6 Å². The molecule has 112 valence electrons. The first-order chi connectivity index (χ1) is 10.2. The molecule has 0 radical (unpaired) electrons. The molecule has 1 aromatic heterocycles. The van der Waals surface area contributed by atoms with Crippen molar-refractivity contribution in [3.63, 3.8) is 0 Å². The average Bonchev–Trinajstić information content (AvgIpc) is 3.13. The van der Waals surface area contributed by atoms with E-state index in [4.69, 9.17) is 4.74 Å². The Kier molecular flexibility index (Phi) is 4.61. The van der Waals surface area contributed by atoms with Gasteiger partial charge in [0.15, 0.2) is 0 Å². The Bertz CT molecular complexity index is 577. The van der Waals surface area contributed by atoms with Crippen LogP contribution in [0, 0.1) is 0 Å². The molecule has 3 rings (SSSR count). The van der Waals surface area contributed by atoms with E-state index in [1.807, 2.05) is 0 Å². The highest BCUT2D eigenvalue weighted by atomic mass is 32.1. The predicted octanol–water partition coefficient (Wildman–Crippen LogP) is 4.31. The number of ether oxygens (including phenoxy) is 1. The number of hydrogen-bond donors (Lipinski definition) is 0. The minimum absolute atomic E-state index is 0.166. The van der Waals surface area contributed by atoms with Crippen LogP contribution in [0.15, 0.2) is 35.7 Å². The van der Waals surface area contributed by atoms with Gasteiger partial charge >= 0.3 is 0 Å². The van der Waals surface area contributed by atoms with Crippen LogP contribution < -0.4 is 4.74 Å². The Labute approximate surface area is 131 Å². The summed E-state index contributed by atoms with van der Waals surface area (Å²) in [6.07, 6.45) is 4.82. The topological polar surface area (TPSA) is 12.5 Å². The summed E-state index contributed by atoms with van der Waals surface area (Å²) in [5.41, 5.74) is 2.91. The van der Waals surface area contributed by atoms with Crippen LogP contribution in [-0.4, -0.2) is 25.5 Å². The molecule has 0 N–H and O–H groups in total. The van der Waals surface area contributed by atoms with Gasteiger partial charge in [-0.25, -0.2) is 0 Å². The largest absolute Gasteiger partial charge is 0.485 e. The van der Waals surface area contributed by atoms with Gasteiger partial charge < -0.3 is 9.64 Å². The van der Waals surface area contributed by atoms with Gasteiger partial charge in [-0.1, -0.05) is 18.2 Å². The SMILES string of the molecule is CN(C)CC[C@H](Oc1cccc2c1CCC2)c1cccs1. The number of thiophene rings is 1. The first kappa shape index (κ1) is 14.6. The van der Waals surface area contributed by atoms with Gasteiger partial charge in [0, 0.05) is 17.8 Å². The first-order valence-corrected chi connectivity index (χ1v) is 8.57. The Morgan fingerprint density at radius 3 is 2.86 bits per heavy atom. The van der Waals surface area contributed by atoms with Crippen LogP contribution in [-0.2, 0) is 12.8 Å². The summed E-state index contributed by atoms with van der Waals surface area (Å²) in [7, 11) is 4.23. The van der Waals surface area contributed by atoms with E-state index in [1.54, 1.807) is 11.3 Å². The molecule has 1 aliphatic rings. The standard InChI is InChI=1S/C18H23NOS/c1-19(2)12-11-17(18-10-5-13-21-18)20-16-9-4-7-14-6-3-8-15(14)16/h4-5,7,9-10,13,17H,3,6,8,11-12H2,1-2H3/t17-/m0/s1. The summed E-state index contributed by atoms with van der Waals surface area (Å²) in [6, 6.07) is 10.8. The van der Waals surface area contributed by atoms with Crippen LogP contribution >= 0.6 is 11.3 Å². The zero-order chi connectivity index (χ0) is 14.7. The van der Waals surface area contributed by atoms with Crippen molar-refractivity contribution < 1.29 is 4.74 Å². The highest BCUT2D eigenvalue weighted by molar-refractivity contribution is 7.10. The number of aryl methyl sites for hydroxylation is 1. The molecule has 0 saturated heterocycles. The Balaban J connectivity index is 1.80. The Morgan fingerprint density at radius 1 is 1.19 bits per heavy atom. The van der Waals surface area contributed by atoms with Crippen LogP contribution in [0.1, 0.15) is 34.9 Å². The second-order valence-electron chi connectivity index (χ2n) is 5.96. The first-order valence-electron chi connectivity index (χ1n) is 7.69. The molecule has 21 heavy (non-hydrogen) atoms. The second kappa shape index (κ2) is 6.63. The van der Waals surface area contributed by atoms with Crippen molar-refractivity contribution in [2.24, 2.45) is 0 Å². The lowest BCUT2D eigenvalue weighted by Gasteiger charge is -2.21. The summed E-state index contributed by atoms with van der Waals surface area (Å²) in [5.74, 6) is 1.10. The highest BCUT2D eigenvalue weighted by Crippen LogP contribution is 2.35. The molecule has 0 bridgehead atoms. The molecule has 1 aromatic carbocycles. The van der Waals surface area contributed by atoms with Gasteiger partial charge in [0.2, 0.25) is 0 Å². The van der Waals surface area contributed by atoms with E-state index >= 15 is 0 Å². The van der Waals surface area contributed by atoms with Gasteiger partial charge in [0.1, 0.15) is 11.9 Å². The number of benzene rings is 1. The van der Waals surface area contributed by atoms with Crippen LogP contribution in [0.2, 0.25) is 0 Å². The predicted molar refractivity (Wildman–Crippen MR) is 89.3 cm³/mol. The normalized spacial score (nSPS) is 15.2. The van der Waals surface area contributed by atoms with Crippen LogP contribution in [0.4, 0.5) is 0 Å². The molecule has 2 nitrogen and oxygen atoms in total. The van der Waals surface area contributed by atoms with E-state index in [0.29, 0.717) is 0 Å². The van der Waals surface area contributed by atoms with Crippen molar-refractivity contribution in [2.45, 2.75) is 31.8 Å². The van der Waals surface area contributed by atoms with Gasteiger partial charge in [0.25, 0.3) is 0 Å². The third-order valence-electron chi connectivity index (χ3n) is 4.07. The van der Waals surface area contributed by atoms with Crippen molar-refractivity contribution in [1.82, 2.24) is 4.90 Å². The van der Waals surface area contributed by atoms with Gasteiger partial charge in [-0.2, -0.15) is 0 Å². The molecule has 0 amide bonds. The summed E-state index contributed by atoms with van der Waals surface area (Å²) < 4.78 is 6.44. The fourth-order valence-electron chi connectivity index (χ4n) is 2.96. The molecule has 2 aromatic rings. The maximum atomic E-state index is 6.44. The zero-order valence-corrected chi connectivity index (χ0v) is 13.7.